The Hall–Kier alpha value is -2.62. The number of nitrogens with one attached hydrogen (secondary N) is 1. The van der Waals surface area contributed by atoms with Gasteiger partial charge in [-0.1, -0.05) is 19.9 Å². The molecule has 0 spiro atoms. The highest BCUT2D eigenvalue weighted by atomic mass is 16.6. The first-order chi connectivity index (χ1) is 9.91. The molecule has 0 bridgehead atoms. The minimum Gasteiger partial charge on any atom is -0.481 e. The molecule has 0 saturated heterocycles. The van der Waals surface area contributed by atoms with Crippen LogP contribution in [0.15, 0.2) is 18.2 Å². The van der Waals surface area contributed by atoms with E-state index in [1.807, 2.05) is 0 Å². The molecule has 21 heavy (non-hydrogen) atoms. The van der Waals surface area contributed by atoms with Gasteiger partial charge in [0.15, 0.2) is 0 Å². The molecule has 0 atom stereocenters. The van der Waals surface area contributed by atoms with Gasteiger partial charge in [-0.3, -0.25) is 14.9 Å². The summed E-state index contributed by atoms with van der Waals surface area (Å²) < 4.78 is 0. The Morgan fingerprint density at radius 3 is 2.52 bits per heavy atom. The predicted octanol–water partition coefficient (Wildman–Crippen LogP) is 2.77. The number of carbonyl (C=O) groups is 1. The third kappa shape index (κ3) is 3.28. The number of hydrogen-bond donors (Lipinski definition) is 2. The van der Waals surface area contributed by atoms with Crippen molar-refractivity contribution >= 4 is 17.3 Å². The van der Waals surface area contributed by atoms with Crippen LogP contribution < -0.4 is 5.32 Å². The van der Waals surface area contributed by atoms with Gasteiger partial charge in [0.2, 0.25) is 0 Å². The van der Waals surface area contributed by atoms with Crippen LogP contribution in [0.4, 0.5) is 11.4 Å². The summed E-state index contributed by atoms with van der Waals surface area (Å²) in [6.45, 7) is 3.59. The predicted molar refractivity (Wildman–Crippen MR) is 77.0 cm³/mol. The van der Waals surface area contributed by atoms with Crippen LogP contribution in [0.1, 0.15) is 32.3 Å². The SMILES string of the molecule is CCC(CC)(CNc1cccc(C#N)c1[N+](=O)[O-])C(=O)O. The molecule has 0 aliphatic heterocycles. The largest absolute Gasteiger partial charge is 0.481 e. The van der Waals surface area contributed by atoms with Crippen LogP contribution in [0.5, 0.6) is 0 Å². The Morgan fingerprint density at radius 2 is 2.10 bits per heavy atom. The summed E-state index contributed by atoms with van der Waals surface area (Å²) in [5.74, 6) is -0.945. The topological polar surface area (TPSA) is 116 Å². The third-order valence-corrected chi connectivity index (χ3v) is 3.76. The van der Waals surface area contributed by atoms with Gasteiger partial charge in [0.25, 0.3) is 0 Å². The maximum Gasteiger partial charge on any atom is 0.311 e. The zero-order valence-corrected chi connectivity index (χ0v) is 11.9. The lowest BCUT2D eigenvalue weighted by Crippen LogP contribution is -2.37. The second kappa shape index (κ2) is 6.70. The van der Waals surface area contributed by atoms with Gasteiger partial charge in [-0.25, -0.2) is 0 Å². The van der Waals surface area contributed by atoms with Gasteiger partial charge < -0.3 is 10.4 Å². The number of carboxylic acids is 1. The van der Waals surface area contributed by atoms with E-state index in [-0.39, 0.29) is 23.5 Å². The van der Waals surface area contributed by atoms with E-state index >= 15 is 0 Å². The maximum absolute atomic E-state index is 11.4. The summed E-state index contributed by atoms with van der Waals surface area (Å²) in [6.07, 6.45) is 0.801. The smallest absolute Gasteiger partial charge is 0.311 e. The molecule has 1 rings (SSSR count). The molecule has 0 heterocycles. The van der Waals surface area contributed by atoms with Crippen LogP contribution in [0.2, 0.25) is 0 Å². The molecule has 0 amide bonds. The highest BCUT2D eigenvalue weighted by molar-refractivity contribution is 5.76. The van der Waals surface area contributed by atoms with Gasteiger partial charge in [0, 0.05) is 6.54 Å². The zero-order valence-electron chi connectivity index (χ0n) is 11.9. The second-order valence-electron chi connectivity index (χ2n) is 4.72. The number of nitrogens with zero attached hydrogens (tertiary/aromatic N) is 2. The van der Waals surface area contributed by atoms with Crippen LogP contribution in [0.3, 0.4) is 0 Å². The van der Waals surface area contributed by atoms with E-state index in [0.29, 0.717) is 12.8 Å². The van der Waals surface area contributed by atoms with Gasteiger partial charge >= 0.3 is 11.7 Å². The number of para-hydroxylation sites is 1. The Balaban J connectivity index is 3.12. The van der Waals surface area contributed by atoms with Crippen LogP contribution in [-0.2, 0) is 4.79 Å². The van der Waals surface area contributed by atoms with Crippen molar-refractivity contribution in [2.75, 3.05) is 11.9 Å². The zero-order chi connectivity index (χ0) is 16.0. The lowest BCUT2D eigenvalue weighted by atomic mass is 9.82. The summed E-state index contributed by atoms with van der Waals surface area (Å²) in [6, 6.07) is 6.11. The lowest BCUT2D eigenvalue weighted by Gasteiger charge is -2.27. The number of nitriles is 1. The lowest BCUT2D eigenvalue weighted by molar-refractivity contribution is -0.384. The fourth-order valence-corrected chi connectivity index (χ4v) is 2.12. The molecule has 0 aliphatic carbocycles. The molecule has 0 unspecified atom stereocenters. The summed E-state index contributed by atoms with van der Waals surface area (Å²) in [4.78, 5) is 21.9. The van der Waals surface area contributed by atoms with Crippen molar-refractivity contribution in [1.29, 1.82) is 5.26 Å². The van der Waals surface area contributed by atoms with Gasteiger partial charge in [-0.2, -0.15) is 5.26 Å². The van der Waals surface area contributed by atoms with E-state index in [4.69, 9.17) is 5.26 Å². The van der Waals surface area contributed by atoms with Crippen LogP contribution in [0, 0.1) is 26.9 Å². The number of nitro groups is 1. The van der Waals surface area contributed by atoms with Crippen LogP contribution >= 0.6 is 0 Å². The van der Waals surface area contributed by atoms with Crippen molar-refractivity contribution in [3.63, 3.8) is 0 Å². The first-order valence-corrected chi connectivity index (χ1v) is 6.56. The molecule has 1 aromatic rings. The van der Waals surface area contributed by atoms with E-state index < -0.39 is 16.3 Å². The first-order valence-electron chi connectivity index (χ1n) is 6.56. The molecule has 0 aliphatic rings. The Morgan fingerprint density at radius 1 is 1.48 bits per heavy atom. The average Bonchev–Trinajstić information content (AvgIpc) is 2.47. The number of carboxylic acid groups (broad SMARTS) is 1. The molecule has 2 N–H and O–H groups in total. The number of nitro benzene ring substituents is 1. The molecule has 0 radical (unpaired) electrons. The number of aliphatic carboxylic acids is 1. The molecule has 7 nitrogen and oxygen atoms in total. The molecular weight excluding hydrogens is 274 g/mol. The Labute approximate surface area is 122 Å². The summed E-state index contributed by atoms with van der Waals surface area (Å²) in [7, 11) is 0. The van der Waals surface area contributed by atoms with Gasteiger partial charge in [-0.15, -0.1) is 0 Å². The number of anilines is 1. The minimum absolute atomic E-state index is 0.0566. The summed E-state index contributed by atoms with van der Waals surface area (Å²) in [5, 5.41) is 32.2. The van der Waals surface area contributed by atoms with Crippen LogP contribution in [0.25, 0.3) is 0 Å². The van der Waals surface area contributed by atoms with Crippen LogP contribution in [-0.4, -0.2) is 22.5 Å². The molecular formula is C14H17N3O4. The van der Waals surface area contributed by atoms with Crippen molar-refractivity contribution in [3.8, 4) is 6.07 Å². The molecule has 0 saturated carbocycles. The third-order valence-electron chi connectivity index (χ3n) is 3.76. The van der Waals surface area contributed by atoms with Crippen molar-refractivity contribution in [3.05, 3.63) is 33.9 Å². The Bertz CT molecular complexity index is 588. The quantitative estimate of drug-likeness (QED) is 0.589. The van der Waals surface area contributed by atoms with E-state index in [1.54, 1.807) is 19.9 Å². The first kappa shape index (κ1) is 16.4. The number of benzene rings is 1. The minimum atomic E-state index is -0.990. The fourth-order valence-electron chi connectivity index (χ4n) is 2.12. The molecule has 7 heteroatoms. The molecule has 0 fully saturated rings. The Kier molecular flexibility index (Phi) is 5.24. The van der Waals surface area contributed by atoms with E-state index in [1.165, 1.54) is 18.2 Å². The summed E-state index contributed by atoms with van der Waals surface area (Å²) >= 11 is 0. The standard InChI is InChI=1S/C14H17N3O4/c1-3-14(4-2,13(18)19)9-16-11-7-5-6-10(8-15)12(11)17(20)21/h5-7,16H,3-4,9H2,1-2H3,(H,18,19). The molecule has 1 aromatic carbocycles. The highest BCUT2D eigenvalue weighted by Gasteiger charge is 2.35. The molecule has 0 aromatic heterocycles. The van der Waals surface area contributed by atoms with Gasteiger partial charge in [0.05, 0.1) is 10.3 Å². The van der Waals surface area contributed by atoms with Crippen molar-refractivity contribution in [2.45, 2.75) is 26.7 Å². The number of hydrogen-bond acceptors (Lipinski definition) is 5. The van der Waals surface area contributed by atoms with Gasteiger partial charge in [-0.05, 0) is 25.0 Å². The van der Waals surface area contributed by atoms with E-state index in [9.17, 15) is 20.0 Å². The van der Waals surface area contributed by atoms with Crippen molar-refractivity contribution < 1.29 is 14.8 Å². The van der Waals surface area contributed by atoms with Crippen molar-refractivity contribution in [1.82, 2.24) is 0 Å². The monoisotopic (exact) mass is 291 g/mol. The van der Waals surface area contributed by atoms with Gasteiger partial charge in [0.1, 0.15) is 17.3 Å². The second-order valence-corrected chi connectivity index (χ2v) is 4.72. The maximum atomic E-state index is 11.4. The average molecular weight is 291 g/mol. The molecule has 112 valence electrons. The summed E-state index contributed by atoms with van der Waals surface area (Å²) in [5.41, 5.74) is -1.21. The van der Waals surface area contributed by atoms with E-state index in [2.05, 4.69) is 5.32 Å². The van der Waals surface area contributed by atoms with E-state index in [0.717, 1.165) is 0 Å². The normalized spacial score (nSPS) is 10.7. The number of rotatable bonds is 7. The van der Waals surface area contributed by atoms with Crippen molar-refractivity contribution in [2.24, 2.45) is 5.41 Å². The highest BCUT2D eigenvalue weighted by Crippen LogP contribution is 2.32. The fraction of sp³-hybridized carbons (Fsp3) is 0.429.